The number of likely N-dealkylation sites (tertiary alicyclic amines) is 1. The third-order valence-corrected chi connectivity index (χ3v) is 4.46. The van der Waals surface area contributed by atoms with Gasteiger partial charge in [0.25, 0.3) is 0 Å². The van der Waals surface area contributed by atoms with Crippen molar-refractivity contribution in [1.29, 1.82) is 0 Å². The van der Waals surface area contributed by atoms with E-state index in [1.165, 1.54) is 63.7 Å². The topological polar surface area (TPSA) is 29.3 Å². The van der Waals surface area contributed by atoms with E-state index in [4.69, 9.17) is 5.73 Å². The number of piperidine rings is 1. The summed E-state index contributed by atoms with van der Waals surface area (Å²) in [4.78, 5) is 2.64. The summed E-state index contributed by atoms with van der Waals surface area (Å²) in [7, 11) is 0. The fourth-order valence-electron chi connectivity index (χ4n) is 3.16. The molecule has 0 aromatic heterocycles. The number of nitrogens with zero attached hydrogens (tertiary/aromatic N) is 1. The van der Waals surface area contributed by atoms with Crippen molar-refractivity contribution < 1.29 is 0 Å². The Labute approximate surface area is 124 Å². The van der Waals surface area contributed by atoms with Crippen LogP contribution in [0.1, 0.15) is 44.6 Å². The fraction of sp³-hybridized carbons (Fsp3) is 0.667. The van der Waals surface area contributed by atoms with Gasteiger partial charge in [0.2, 0.25) is 0 Å². The number of rotatable bonds is 7. The van der Waals surface area contributed by atoms with Crippen LogP contribution in [0.15, 0.2) is 30.3 Å². The molecular formula is C18H30N2. The number of hydrogen-bond donors (Lipinski definition) is 1. The minimum atomic E-state index is 0.367. The molecule has 112 valence electrons. The van der Waals surface area contributed by atoms with E-state index in [2.05, 4.69) is 42.2 Å². The molecule has 1 aliphatic heterocycles. The van der Waals surface area contributed by atoms with Crippen molar-refractivity contribution in [1.82, 2.24) is 4.90 Å². The summed E-state index contributed by atoms with van der Waals surface area (Å²) in [6.45, 7) is 5.95. The molecule has 1 aromatic rings. The first-order valence-electron chi connectivity index (χ1n) is 8.26. The van der Waals surface area contributed by atoms with E-state index in [0.717, 1.165) is 5.92 Å². The maximum absolute atomic E-state index is 5.79. The predicted octanol–water partition coefficient (Wildman–Crippen LogP) is 3.46. The normalized spacial score (nSPS) is 19.1. The van der Waals surface area contributed by atoms with Gasteiger partial charge < -0.3 is 10.6 Å². The molecule has 0 saturated carbocycles. The zero-order chi connectivity index (χ0) is 14.2. The smallest absolute Gasteiger partial charge is 0.00104 e. The van der Waals surface area contributed by atoms with Crippen molar-refractivity contribution in [3.8, 4) is 0 Å². The molecule has 0 spiro atoms. The van der Waals surface area contributed by atoms with Crippen molar-refractivity contribution >= 4 is 0 Å². The zero-order valence-electron chi connectivity index (χ0n) is 12.9. The molecule has 20 heavy (non-hydrogen) atoms. The number of nitrogens with two attached hydrogens (primary N) is 1. The van der Waals surface area contributed by atoms with Crippen molar-refractivity contribution in [2.75, 3.05) is 19.6 Å². The summed E-state index contributed by atoms with van der Waals surface area (Å²) in [5.41, 5.74) is 7.29. The van der Waals surface area contributed by atoms with E-state index in [1.54, 1.807) is 0 Å². The summed E-state index contributed by atoms with van der Waals surface area (Å²) in [5, 5.41) is 0. The van der Waals surface area contributed by atoms with Crippen LogP contribution in [0, 0.1) is 5.92 Å². The van der Waals surface area contributed by atoms with Gasteiger partial charge in [0.05, 0.1) is 0 Å². The lowest BCUT2D eigenvalue weighted by Gasteiger charge is -2.32. The van der Waals surface area contributed by atoms with Crippen molar-refractivity contribution in [3.63, 3.8) is 0 Å². The third-order valence-electron chi connectivity index (χ3n) is 4.46. The van der Waals surface area contributed by atoms with Crippen LogP contribution in [-0.4, -0.2) is 30.6 Å². The second kappa shape index (κ2) is 8.43. The van der Waals surface area contributed by atoms with Crippen LogP contribution in [-0.2, 0) is 6.42 Å². The first-order valence-corrected chi connectivity index (χ1v) is 8.26. The van der Waals surface area contributed by atoms with Gasteiger partial charge in [-0.25, -0.2) is 0 Å². The maximum atomic E-state index is 5.79. The molecule has 0 aliphatic carbocycles. The van der Waals surface area contributed by atoms with Gasteiger partial charge in [-0.05, 0) is 70.1 Å². The van der Waals surface area contributed by atoms with Crippen LogP contribution in [0.25, 0.3) is 0 Å². The summed E-state index contributed by atoms with van der Waals surface area (Å²) in [5.74, 6) is 0.887. The van der Waals surface area contributed by atoms with Crippen LogP contribution >= 0.6 is 0 Å². The lowest BCUT2D eigenvalue weighted by atomic mass is 9.90. The predicted molar refractivity (Wildman–Crippen MR) is 86.8 cm³/mol. The summed E-state index contributed by atoms with van der Waals surface area (Å²) in [6, 6.07) is 11.3. The minimum absolute atomic E-state index is 0.367. The standard InChI is InChI=1S/C18H30N2/c1-16(19)7-5-6-12-20-13-10-18(11-14-20)15-17-8-3-2-4-9-17/h2-4,8-9,16,18H,5-7,10-15,19H2,1H3. The number of benzene rings is 1. The second-order valence-electron chi connectivity index (χ2n) is 6.45. The Morgan fingerprint density at radius 3 is 2.50 bits per heavy atom. The van der Waals surface area contributed by atoms with Gasteiger partial charge in [-0.2, -0.15) is 0 Å². The molecule has 1 atom stereocenters. The van der Waals surface area contributed by atoms with Gasteiger partial charge in [0.15, 0.2) is 0 Å². The Hall–Kier alpha value is -0.860. The quantitative estimate of drug-likeness (QED) is 0.772. The molecule has 1 saturated heterocycles. The van der Waals surface area contributed by atoms with E-state index in [9.17, 15) is 0 Å². The molecule has 0 radical (unpaired) electrons. The van der Waals surface area contributed by atoms with Gasteiger partial charge in [-0.15, -0.1) is 0 Å². The first-order chi connectivity index (χ1) is 9.74. The van der Waals surface area contributed by atoms with Gasteiger partial charge in [-0.3, -0.25) is 0 Å². The SMILES string of the molecule is CC(N)CCCCN1CCC(Cc2ccccc2)CC1. The molecule has 2 N–H and O–H groups in total. The fourth-order valence-corrected chi connectivity index (χ4v) is 3.16. The maximum Gasteiger partial charge on any atom is 0.00104 e. The van der Waals surface area contributed by atoms with Crippen molar-refractivity contribution in [3.05, 3.63) is 35.9 Å². The average molecular weight is 274 g/mol. The molecule has 2 nitrogen and oxygen atoms in total. The molecule has 1 unspecified atom stereocenters. The van der Waals surface area contributed by atoms with E-state index in [0.29, 0.717) is 6.04 Å². The summed E-state index contributed by atoms with van der Waals surface area (Å²) in [6.07, 6.45) is 7.75. The van der Waals surface area contributed by atoms with E-state index in [-0.39, 0.29) is 0 Å². The molecular weight excluding hydrogens is 244 g/mol. The highest BCUT2D eigenvalue weighted by Gasteiger charge is 2.18. The molecule has 1 heterocycles. The Bertz CT molecular complexity index is 353. The van der Waals surface area contributed by atoms with E-state index in [1.807, 2.05) is 0 Å². The number of hydrogen-bond acceptors (Lipinski definition) is 2. The minimum Gasteiger partial charge on any atom is -0.328 e. The Morgan fingerprint density at radius 1 is 1.15 bits per heavy atom. The summed E-state index contributed by atoms with van der Waals surface area (Å²) >= 11 is 0. The Kier molecular flexibility index (Phi) is 6.55. The largest absolute Gasteiger partial charge is 0.328 e. The van der Waals surface area contributed by atoms with Gasteiger partial charge >= 0.3 is 0 Å². The molecule has 1 fully saturated rings. The summed E-state index contributed by atoms with van der Waals surface area (Å²) < 4.78 is 0. The van der Waals surface area contributed by atoms with Gasteiger partial charge in [-0.1, -0.05) is 36.8 Å². The van der Waals surface area contributed by atoms with Crippen LogP contribution < -0.4 is 5.73 Å². The van der Waals surface area contributed by atoms with Crippen LogP contribution in [0.4, 0.5) is 0 Å². The van der Waals surface area contributed by atoms with Crippen LogP contribution in [0.2, 0.25) is 0 Å². The highest BCUT2D eigenvalue weighted by Crippen LogP contribution is 2.21. The Morgan fingerprint density at radius 2 is 1.85 bits per heavy atom. The lowest BCUT2D eigenvalue weighted by Crippen LogP contribution is -2.35. The van der Waals surface area contributed by atoms with Gasteiger partial charge in [0.1, 0.15) is 0 Å². The molecule has 2 rings (SSSR count). The highest BCUT2D eigenvalue weighted by molar-refractivity contribution is 5.15. The first kappa shape index (κ1) is 15.5. The second-order valence-corrected chi connectivity index (χ2v) is 6.45. The third kappa shape index (κ3) is 5.64. The molecule has 2 heteroatoms. The molecule has 1 aromatic carbocycles. The van der Waals surface area contributed by atoms with Gasteiger partial charge in [0, 0.05) is 6.04 Å². The zero-order valence-corrected chi connectivity index (χ0v) is 12.9. The Balaban J connectivity index is 1.60. The lowest BCUT2D eigenvalue weighted by molar-refractivity contribution is 0.180. The van der Waals surface area contributed by atoms with Crippen LogP contribution in [0.5, 0.6) is 0 Å². The van der Waals surface area contributed by atoms with Crippen LogP contribution in [0.3, 0.4) is 0 Å². The van der Waals surface area contributed by atoms with Crippen molar-refractivity contribution in [2.24, 2.45) is 11.7 Å². The highest BCUT2D eigenvalue weighted by atomic mass is 15.1. The van der Waals surface area contributed by atoms with Crippen molar-refractivity contribution in [2.45, 2.75) is 51.5 Å². The van der Waals surface area contributed by atoms with E-state index >= 15 is 0 Å². The molecule has 0 bridgehead atoms. The average Bonchev–Trinajstić information content (AvgIpc) is 2.46. The monoisotopic (exact) mass is 274 g/mol. The molecule has 0 amide bonds. The van der Waals surface area contributed by atoms with E-state index < -0.39 is 0 Å². The number of unbranched alkanes of at least 4 members (excludes halogenated alkanes) is 1. The molecule has 1 aliphatic rings.